The average molecular weight is 238 g/mol. The largest absolute Gasteiger partial charge is 0.325 e. The van der Waals surface area contributed by atoms with E-state index in [1.807, 2.05) is 50.4 Å². The second-order valence-electron chi connectivity index (χ2n) is 4.29. The van der Waals surface area contributed by atoms with Crippen molar-refractivity contribution in [2.75, 3.05) is 11.6 Å². The van der Waals surface area contributed by atoms with Crippen molar-refractivity contribution in [2.45, 2.75) is 24.6 Å². The first-order valence-electron chi connectivity index (χ1n) is 5.12. The van der Waals surface area contributed by atoms with E-state index in [-0.39, 0.29) is 11.2 Å². The number of para-hydroxylation sites is 1. The van der Waals surface area contributed by atoms with Gasteiger partial charge in [0.25, 0.3) is 0 Å². The van der Waals surface area contributed by atoms with Crippen molar-refractivity contribution in [3.05, 3.63) is 30.3 Å². The zero-order chi connectivity index (χ0) is 12.2. The van der Waals surface area contributed by atoms with Crippen LogP contribution in [0.2, 0.25) is 0 Å². The maximum absolute atomic E-state index is 12.0. The maximum Gasteiger partial charge on any atom is 0.239 e. The number of nitrogens with two attached hydrogens (primary N) is 1. The first-order valence-corrected chi connectivity index (χ1v) is 6.41. The molecule has 0 aliphatic rings. The molecule has 0 bridgehead atoms. The Labute approximate surface area is 101 Å². The molecule has 1 atom stereocenters. The molecule has 0 spiro atoms. The fourth-order valence-corrected chi connectivity index (χ4v) is 2.36. The number of nitrogens with one attached hydrogen (secondary N) is 1. The van der Waals surface area contributed by atoms with Crippen molar-refractivity contribution in [1.82, 2.24) is 0 Å². The third kappa shape index (κ3) is 3.54. The molecule has 0 saturated carbocycles. The first-order chi connectivity index (χ1) is 7.45. The number of rotatable bonds is 4. The highest BCUT2D eigenvalue weighted by atomic mass is 32.2. The third-order valence-corrected chi connectivity index (χ3v) is 3.48. The maximum atomic E-state index is 12.0. The molecule has 1 aromatic carbocycles. The zero-order valence-electron chi connectivity index (χ0n) is 9.86. The molecule has 88 valence electrons. The minimum Gasteiger partial charge on any atom is -0.325 e. The number of anilines is 1. The topological polar surface area (TPSA) is 55.1 Å². The molecule has 1 unspecified atom stereocenters. The van der Waals surface area contributed by atoms with Gasteiger partial charge in [0, 0.05) is 11.2 Å². The summed E-state index contributed by atoms with van der Waals surface area (Å²) in [5.74, 6) is -0.0498. The number of amides is 1. The van der Waals surface area contributed by atoms with Crippen molar-refractivity contribution in [2.24, 2.45) is 5.73 Å². The van der Waals surface area contributed by atoms with Gasteiger partial charge in [0.05, 0.1) is 0 Å². The molecule has 0 heterocycles. The summed E-state index contributed by atoms with van der Waals surface area (Å²) in [6, 6.07) is 9.40. The second kappa shape index (κ2) is 5.37. The Balaban J connectivity index is 2.71. The fourth-order valence-electron chi connectivity index (χ4n) is 1.48. The lowest BCUT2D eigenvalue weighted by Crippen LogP contribution is -2.49. The predicted molar refractivity (Wildman–Crippen MR) is 70.6 cm³/mol. The number of thioether (sulfide) groups is 1. The molecule has 1 amide bonds. The fraction of sp³-hybridized carbons (Fsp3) is 0.417. The zero-order valence-corrected chi connectivity index (χ0v) is 10.7. The Morgan fingerprint density at radius 1 is 1.38 bits per heavy atom. The molecule has 0 fully saturated rings. The number of carbonyl (C=O) groups excluding carboxylic acids is 1. The van der Waals surface area contributed by atoms with E-state index in [2.05, 4.69) is 5.32 Å². The summed E-state index contributed by atoms with van der Waals surface area (Å²) in [6.07, 6.45) is 1.89. The minimum absolute atomic E-state index is 0.0498. The first kappa shape index (κ1) is 13.1. The SMILES string of the molecule is CSC(C(=O)Nc1ccccc1)C(C)(C)N. The Bertz CT molecular complexity index is 346. The summed E-state index contributed by atoms with van der Waals surface area (Å²) in [5, 5.41) is 2.60. The minimum atomic E-state index is -0.529. The summed E-state index contributed by atoms with van der Waals surface area (Å²) < 4.78 is 0. The van der Waals surface area contributed by atoms with Crippen molar-refractivity contribution < 1.29 is 4.79 Å². The Morgan fingerprint density at radius 2 is 1.94 bits per heavy atom. The Morgan fingerprint density at radius 3 is 2.38 bits per heavy atom. The quantitative estimate of drug-likeness (QED) is 0.844. The van der Waals surface area contributed by atoms with E-state index in [4.69, 9.17) is 5.73 Å². The van der Waals surface area contributed by atoms with Crippen LogP contribution in [0.3, 0.4) is 0 Å². The summed E-state index contributed by atoms with van der Waals surface area (Å²) in [6.45, 7) is 3.72. The monoisotopic (exact) mass is 238 g/mol. The van der Waals surface area contributed by atoms with Crippen molar-refractivity contribution in [1.29, 1.82) is 0 Å². The third-order valence-electron chi connectivity index (χ3n) is 2.19. The molecular formula is C12H18N2OS. The molecule has 1 rings (SSSR count). The lowest BCUT2D eigenvalue weighted by molar-refractivity contribution is -0.116. The van der Waals surface area contributed by atoms with Gasteiger partial charge in [0.1, 0.15) is 5.25 Å². The molecule has 0 aliphatic carbocycles. The molecule has 0 radical (unpaired) electrons. The van der Waals surface area contributed by atoms with Gasteiger partial charge in [0.2, 0.25) is 5.91 Å². The van der Waals surface area contributed by atoms with E-state index >= 15 is 0 Å². The van der Waals surface area contributed by atoms with Gasteiger partial charge in [-0.15, -0.1) is 0 Å². The van der Waals surface area contributed by atoms with Gasteiger partial charge in [0.15, 0.2) is 0 Å². The predicted octanol–water partition coefficient (Wildman–Crippen LogP) is 2.09. The van der Waals surface area contributed by atoms with Crippen molar-refractivity contribution in [3.8, 4) is 0 Å². The number of hydrogen-bond donors (Lipinski definition) is 2. The van der Waals surface area contributed by atoms with Gasteiger partial charge in [-0.25, -0.2) is 0 Å². The van der Waals surface area contributed by atoms with Gasteiger partial charge in [-0.1, -0.05) is 18.2 Å². The highest BCUT2D eigenvalue weighted by molar-refractivity contribution is 8.00. The van der Waals surface area contributed by atoms with E-state index in [9.17, 15) is 4.79 Å². The van der Waals surface area contributed by atoms with Gasteiger partial charge in [-0.05, 0) is 32.2 Å². The summed E-state index contributed by atoms with van der Waals surface area (Å²) in [4.78, 5) is 12.0. The number of carbonyl (C=O) groups is 1. The van der Waals surface area contributed by atoms with Crippen LogP contribution in [0.15, 0.2) is 30.3 Å². The summed E-state index contributed by atoms with van der Waals surface area (Å²) >= 11 is 1.47. The van der Waals surface area contributed by atoms with Crippen LogP contribution in [-0.2, 0) is 4.79 Å². The van der Waals surface area contributed by atoms with Crippen molar-refractivity contribution in [3.63, 3.8) is 0 Å². The molecule has 3 nitrogen and oxygen atoms in total. The standard InChI is InChI=1S/C12H18N2OS/c1-12(2,13)10(16-3)11(15)14-9-7-5-4-6-8-9/h4-8,10H,13H2,1-3H3,(H,14,15). The van der Waals surface area contributed by atoms with Crippen LogP contribution in [-0.4, -0.2) is 23.0 Å². The lowest BCUT2D eigenvalue weighted by atomic mass is 10.0. The normalized spacial score (nSPS) is 13.2. The smallest absolute Gasteiger partial charge is 0.239 e. The van der Waals surface area contributed by atoms with Crippen LogP contribution in [0.5, 0.6) is 0 Å². The number of hydrogen-bond acceptors (Lipinski definition) is 3. The van der Waals surface area contributed by atoms with Crippen LogP contribution in [0.25, 0.3) is 0 Å². The van der Waals surface area contributed by atoms with E-state index in [0.717, 1.165) is 5.69 Å². The van der Waals surface area contributed by atoms with Crippen LogP contribution in [0.1, 0.15) is 13.8 Å². The molecule has 1 aromatic rings. The molecular weight excluding hydrogens is 220 g/mol. The molecule has 3 N–H and O–H groups in total. The van der Waals surface area contributed by atoms with Gasteiger partial charge in [-0.3, -0.25) is 4.79 Å². The van der Waals surface area contributed by atoms with E-state index in [1.165, 1.54) is 11.8 Å². The van der Waals surface area contributed by atoms with Crippen LogP contribution in [0.4, 0.5) is 5.69 Å². The highest BCUT2D eigenvalue weighted by Crippen LogP contribution is 2.20. The van der Waals surface area contributed by atoms with Gasteiger partial charge >= 0.3 is 0 Å². The molecule has 0 aliphatic heterocycles. The van der Waals surface area contributed by atoms with E-state index in [0.29, 0.717) is 0 Å². The molecule has 16 heavy (non-hydrogen) atoms. The number of benzene rings is 1. The van der Waals surface area contributed by atoms with Crippen molar-refractivity contribution >= 4 is 23.4 Å². The lowest BCUT2D eigenvalue weighted by Gasteiger charge is -2.27. The second-order valence-corrected chi connectivity index (χ2v) is 5.24. The highest BCUT2D eigenvalue weighted by Gasteiger charge is 2.30. The Hall–Kier alpha value is -1.00. The summed E-state index contributed by atoms with van der Waals surface area (Å²) in [7, 11) is 0. The molecule has 4 heteroatoms. The molecule has 0 aromatic heterocycles. The van der Waals surface area contributed by atoms with Crippen LogP contribution >= 0.6 is 11.8 Å². The van der Waals surface area contributed by atoms with Crippen LogP contribution in [0, 0.1) is 0 Å². The van der Waals surface area contributed by atoms with Crippen LogP contribution < -0.4 is 11.1 Å². The summed E-state index contributed by atoms with van der Waals surface area (Å²) in [5.41, 5.74) is 6.24. The Kier molecular flexibility index (Phi) is 4.38. The van der Waals surface area contributed by atoms with Gasteiger partial charge in [-0.2, -0.15) is 11.8 Å². The van der Waals surface area contributed by atoms with Gasteiger partial charge < -0.3 is 11.1 Å². The van der Waals surface area contributed by atoms with E-state index < -0.39 is 5.54 Å². The average Bonchev–Trinajstić information content (AvgIpc) is 2.17. The van der Waals surface area contributed by atoms with E-state index in [1.54, 1.807) is 0 Å². The molecule has 0 saturated heterocycles.